The average molecular weight is 249 g/mol. The molecule has 1 saturated carbocycles. The van der Waals surface area contributed by atoms with Crippen LogP contribution in [0.5, 0.6) is 0 Å². The molecule has 1 aliphatic heterocycles. The van der Waals surface area contributed by atoms with E-state index in [-0.39, 0.29) is 11.1 Å². The van der Waals surface area contributed by atoms with Gasteiger partial charge in [-0.1, -0.05) is 19.1 Å². The normalized spacial score (nSPS) is 39.9. The first kappa shape index (κ1) is 13.8. The van der Waals surface area contributed by atoms with Gasteiger partial charge in [-0.3, -0.25) is 4.79 Å². The molecule has 1 saturated heterocycles. The Labute approximate surface area is 111 Å². The molecule has 0 aromatic carbocycles. The highest BCUT2D eigenvalue weighted by atomic mass is 16.1. The number of allylic oxidation sites excluding steroid dienone is 1. The third-order valence-electron chi connectivity index (χ3n) is 4.94. The predicted octanol–water partition coefficient (Wildman–Crippen LogP) is 3.47. The smallest absolute Gasteiger partial charge is 0.136 e. The summed E-state index contributed by atoms with van der Waals surface area (Å²) in [6.07, 6.45) is 4.89. The highest BCUT2D eigenvalue weighted by Crippen LogP contribution is 2.45. The number of hydrogen-bond donors (Lipinski definition) is 1. The zero-order chi connectivity index (χ0) is 13.6. The van der Waals surface area contributed by atoms with Gasteiger partial charge in [0, 0.05) is 23.9 Å². The van der Waals surface area contributed by atoms with Crippen LogP contribution in [0.15, 0.2) is 12.2 Å². The summed E-state index contributed by atoms with van der Waals surface area (Å²) in [6.45, 7) is 12.9. The molecule has 0 aromatic rings. The summed E-state index contributed by atoms with van der Waals surface area (Å²) in [5.74, 6) is 1.58. The van der Waals surface area contributed by atoms with E-state index < -0.39 is 0 Å². The highest BCUT2D eigenvalue weighted by molar-refractivity contribution is 5.82. The molecule has 102 valence electrons. The van der Waals surface area contributed by atoms with Crippen molar-refractivity contribution >= 4 is 5.78 Å². The SMILES string of the molecule is C=C(C)[C@@H]1CC[C@@H](C)[C@]2(CC(=O)CC(C)(C)N2)C1. The van der Waals surface area contributed by atoms with Gasteiger partial charge in [0.2, 0.25) is 0 Å². The lowest BCUT2D eigenvalue weighted by Gasteiger charge is -2.53. The van der Waals surface area contributed by atoms with Crippen LogP contribution >= 0.6 is 0 Å². The monoisotopic (exact) mass is 249 g/mol. The van der Waals surface area contributed by atoms with E-state index in [1.807, 2.05) is 0 Å². The molecule has 3 atom stereocenters. The van der Waals surface area contributed by atoms with E-state index >= 15 is 0 Å². The van der Waals surface area contributed by atoms with Crippen molar-refractivity contribution in [2.75, 3.05) is 0 Å². The van der Waals surface area contributed by atoms with Crippen molar-refractivity contribution in [3.05, 3.63) is 12.2 Å². The van der Waals surface area contributed by atoms with E-state index in [2.05, 4.69) is 39.6 Å². The van der Waals surface area contributed by atoms with E-state index in [1.165, 1.54) is 18.4 Å². The van der Waals surface area contributed by atoms with Gasteiger partial charge in [-0.05, 0) is 51.9 Å². The van der Waals surface area contributed by atoms with Crippen LogP contribution in [-0.4, -0.2) is 16.9 Å². The molecular weight excluding hydrogens is 222 g/mol. The molecule has 1 N–H and O–H groups in total. The summed E-state index contributed by atoms with van der Waals surface area (Å²) in [7, 11) is 0. The fourth-order valence-electron chi connectivity index (χ4n) is 3.98. The van der Waals surface area contributed by atoms with Crippen molar-refractivity contribution in [3.63, 3.8) is 0 Å². The van der Waals surface area contributed by atoms with Gasteiger partial charge in [0.1, 0.15) is 5.78 Å². The van der Waals surface area contributed by atoms with Crippen LogP contribution in [0.4, 0.5) is 0 Å². The molecule has 2 nitrogen and oxygen atoms in total. The van der Waals surface area contributed by atoms with Gasteiger partial charge in [-0.2, -0.15) is 0 Å². The standard InChI is InChI=1S/C16H27NO/c1-11(2)13-7-6-12(3)16(8-13)10-14(18)9-15(4,5)17-16/h12-13,17H,1,6-10H2,2-5H3/t12-,13-,16-/m1/s1. The van der Waals surface area contributed by atoms with Crippen LogP contribution < -0.4 is 5.32 Å². The van der Waals surface area contributed by atoms with Crippen molar-refractivity contribution in [1.29, 1.82) is 0 Å². The second kappa shape index (κ2) is 4.48. The molecule has 2 rings (SSSR count). The Morgan fingerprint density at radius 2 is 2.00 bits per heavy atom. The zero-order valence-corrected chi connectivity index (χ0v) is 12.3. The minimum atomic E-state index is -0.0550. The van der Waals surface area contributed by atoms with Gasteiger partial charge in [0.15, 0.2) is 0 Å². The minimum absolute atomic E-state index is 0.0146. The number of carbonyl (C=O) groups is 1. The Balaban J connectivity index is 2.26. The van der Waals surface area contributed by atoms with Crippen LogP contribution in [0, 0.1) is 11.8 Å². The average Bonchev–Trinajstić information content (AvgIpc) is 2.19. The molecule has 1 aliphatic carbocycles. The molecule has 0 aromatic heterocycles. The third kappa shape index (κ3) is 2.54. The maximum absolute atomic E-state index is 12.1. The van der Waals surface area contributed by atoms with Crippen LogP contribution in [0.1, 0.15) is 59.8 Å². The number of hydrogen-bond acceptors (Lipinski definition) is 2. The number of piperidine rings is 1. The molecule has 1 heterocycles. The predicted molar refractivity (Wildman–Crippen MR) is 75.5 cm³/mol. The van der Waals surface area contributed by atoms with Crippen molar-refractivity contribution in [2.24, 2.45) is 11.8 Å². The van der Waals surface area contributed by atoms with E-state index in [0.29, 0.717) is 30.5 Å². The van der Waals surface area contributed by atoms with E-state index in [4.69, 9.17) is 0 Å². The summed E-state index contributed by atoms with van der Waals surface area (Å²) in [5.41, 5.74) is 1.24. The fraction of sp³-hybridized carbons (Fsp3) is 0.812. The highest BCUT2D eigenvalue weighted by Gasteiger charge is 2.49. The van der Waals surface area contributed by atoms with Crippen molar-refractivity contribution in [2.45, 2.75) is 70.9 Å². The third-order valence-corrected chi connectivity index (χ3v) is 4.94. The van der Waals surface area contributed by atoms with E-state index in [0.717, 1.165) is 6.42 Å². The molecule has 2 fully saturated rings. The lowest BCUT2D eigenvalue weighted by Crippen LogP contribution is -2.65. The summed E-state index contributed by atoms with van der Waals surface area (Å²) < 4.78 is 0. The van der Waals surface area contributed by atoms with Crippen molar-refractivity contribution in [3.8, 4) is 0 Å². The second-order valence-electron chi connectivity index (χ2n) is 7.28. The molecule has 2 heteroatoms. The van der Waals surface area contributed by atoms with Crippen LogP contribution in [0.2, 0.25) is 0 Å². The van der Waals surface area contributed by atoms with Crippen LogP contribution in [-0.2, 0) is 4.79 Å². The number of Topliss-reactive ketones (excluding diaryl/α,β-unsaturated/α-hetero) is 1. The molecular formula is C16H27NO. The Kier molecular flexibility index (Phi) is 3.44. The molecule has 1 spiro atoms. The van der Waals surface area contributed by atoms with E-state index in [1.54, 1.807) is 0 Å². The molecule has 0 radical (unpaired) electrons. The maximum Gasteiger partial charge on any atom is 0.136 e. The van der Waals surface area contributed by atoms with Crippen molar-refractivity contribution < 1.29 is 4.79 Å². The lowest BCUT2D eigenvalue weighted by atomic mass is 9.62. The van der Waals surface area contributed by atoms with Gasteiger partial charge in [0.25, 0.3) is 0 Å². The second-order valence-corrected chi connectivity index (χ2v) is 7.28. The minimum Gasteiger partial charge on any atom is -0.305 e. The number of nitrogens with one attached hydrogen (secondary N) is 1. The largest absolute Gasteiger partial charge is 0.305 e. The Morgan fingerprint density at radius 3 is 2.56 bits per heavy atom. The topological polar surface area (TPSA) is 29.1 Å². The summed E-state index contributed by atoms with van der Waals surface area (Å²) in [4.78, 5) is 12.1. The summed E-state index contributed by atoms with van der Waals surface area (Å²) in [6, 6.07) is 0. The Morgan fingerprint density at radius 1 is 1.33 bits per heavy atom. The first-order valence-corrected chi connectivity index (χ1v) is 7.20. The first-order valence-electron chi connectivity index (χ1n) is 7.20. The lowest BCUT2D eigenvalue weighted by molar-refractivity contribution is -0.127. The molecule has 0 unspecified atom stereocenters. The van der Waals surface area contributed by atoms with Gasteiger partial charge in [-0.25, -0.2) is 0 Å². The number of rotatable bonds is 1. The molecule has 18 heavy (non-hydrogen) atoms. The number of carbonyl (C=O) groups excluding carboxylic acids is 1. The fourth-order valence-corrected chi connectivity index (χ4v) is 3.98. The molecule has 0 amide bonds. The molecule has 0 bridgehead atoms. The number of ketones is 1. The van der Waals surface area contributed by atoms with Crippen LogP contribution in [0.3, 0.4) is 0 Å². The Hall–Kier alpha value is -0.630. The quantitative estimate of drug-likeness (QED) is 0.721. The van der Waals surface area contributed by atoms with Gasteiger partial charge in [-0.15, -0.1) is 0 Å². The van der Waals surface area contributed by atoms with Gasteiger partial charge < -0.3 is 5.32 Å². The van der Waals surface area contributed by atoms with Crippen molar-refractivity contribution in [1.82, 2.24) is 5.32 Å². The maximum atomic E-state index is 12.1. The first-order chi connectivity index (χ1) is 8.24. The summed E-state index contributed by atoms with van der Waals surface area (Å²) >= 11 is 0. The van der Waals surface area contributed by atoms with Gasteiger partial charge >= 0.3 is 0 Å². The zero-order valence-electron chi connectivity index (χ0n) is 12.3. The summed E-state index contributed by atoms with van der Waals surface area (Å²) in [5, 5.41) is 3.81. The van der Waals surface area contributed by atoms with E-state index in [9.17, 15) is 4.79 Å². The van der Waals surface area contributed by atoms with Crippen LogP contribution in [0.25, 0.3) is 0 Å². The van der Waals surface area contributed by atoms with Gasteiger partial charge in [0.05, 0.1) is 0 Å². The molecule has 2 aliphatic rings. The Bertz CT molecular complexity index is 371.